The van der Waals surface area contributed by atoms with Crippen LogP contribution in [0.25, 0.3) is 0 Å². The number of pyridine rings is 1. The Labute approximate surface area is 141 Å². The molecule has 0 radical (unpaired) electrons. The maximum atomic E-state index is 4.80. The lowest BCUT2D eigenvalue weighted by molar-refractivity contribution is 0.340. The van der Waals surface area contributed by atoms with Gasteiger partial charge >= 0.3 is 0 Å². The van der Waals surface area contributed by atoms with Gasteiger partial charge in [0.05, 0.1) is 5.54 Å². The maximum absolute atomic E-state index is 4.80. The van der Waals surface area contributed by atoms with Crippen molar-refractivity contribution >= 4 is 11.3 Å². The minimum absolute atomic E-state index is 0.0645. The molecule has 0 amide bonds. The highest BCUT2D eigenvalue weighted by Crippen LogP contribution is 2.19. The van der Waals surface area contributed by atoms with Crippen molar-refractivity contribution in [3.8, 4) is 0 Å². The molecule has 3 heterocycles. The second-order valence-corrected chi connectivity index (χ2v) is 7.68. The van der Waals surface area contributed by atoms with Gasteiger partial charge in [0.2, 0.25) is 0 Å². The van der Waals surface area contributed by atoms with Crippen molar-refractivity contribution in [1.82, 2.24) is 19.7 Å². The molecule has 0 spiro atoms. The first-order chi connectivity index (χ1) is 11.0. The van der Waals surface area contributed by atoms with Crippen LogP contribution >= 0.6 is 11.3 Å². The van der Waals surface area contributed by atoms with Crippen LogP contribution in [0.15, 0.2) is 42.0 Å². The molecule has 0 aliphatic carbocycles. The van der Waals surface area contributed by atoms with E-state index in [-0.39, 0.29) is 5.54 Å². The minimum Gasteiger partial charge on any atom is -0.264 e. The largest absolute Gasteiger partial charge is 0.264 e. The zero-order valence-electron chi connectivity index (χ0n) is 13.9. The van der Waals surface area contributed by atoms with E-state index < -0.39 is 0 Å². The topological polar surface area (TPSA) is 43.6 Å². The van der Waals surface area contributed by atoms with Gasteiger partial charge in [-0.15, -0.1) is 11.3 Å². The third kappa shape index (κ3) is 4.05. The van der Waals surface area contributed by atoms with E-state index in [1.54, 1.807) is 17.5 Å². The molecule has 0 atom stereocenters. The van der Waals surface area contributed by atoms with Gasteiger partial charge in [0.15, 0.2) is 5.82 Å². The van der Waals surface area contributed by atoms with Crippen molar-refractivity contribution in [2.45, 2.75) is 45.6 Å². The molecule has 0 saturated carbocycles. The summed E-state index contributed by atoms with van der Waals surface area (Å²) >= 11 is 1.75. The lowest BCUT2D eigenvalue weighted by Gasteiger charge is -2.21. The van der Waals surface area contributed by atoms with Crippen LogP contribution in [-0.4, -0.2) is 19.7 Å². The molecule has 120 valence electrons. The predicted molar refractivity (Wildman–Crippen MR) is 93.8 cm³/mol. The first-order valence-electron chi connectivity index (χ1n) is 7.89. The summed E-state index contributed by atoms with van der Waals surface area (Å²) < 4.78 is 2.08. The number of hydrogen-bond acceptors (Lipinski definition) is 4. The van der Waals surface area contributed by atoms with E-state index >= 15 is 0 Å². The second kappa shape index (κ2) is 6.62. The summed E-state index contributed by atoms with van der Waals surface area (Å²) in [5.74, 6) is 1.96. The maximum Gasteiger partial charge on any atom is 0.156 e. The van der Waals surface area contributed by atoms with Crippen LogP contribution in [0.1, 0.15) is 42.9 Å². The Balaban J connectivity index is 1.81. The van der Waals surface area contributed by atoms with E-state index in [9.17, 15) is 0 Å². The first kappa shape index (κ1) is 15.9. The number of aryl methyl sites for hydroxylation is 2. The third-order valence-electron chi connectivity index (χ3n) is 3.63. The van der Waals surface area contributed by atoms with E-state index in [1.807, 2.05) is 12.3 Å². The monoisotopic (exact) mass is 326 g/mol. The van der Waals surface area contributed by atoms with Crippen LogP contribution in [0.2, 0.25) is 0 Å². The number of rotatable bonds is 5. The zero-order chi connectivity index (χ0) is 16.3. The molecule has 3 aromatic rings. The Hall–Kier alpha value is -2.01. The molecule has 23 heavy (non-hydrogen) atoms. The SMILES string of the molecule is CC(C)(C)n1nc(Cc2cccs2)nc1CCc1cccnc1. The average Bonchev–Trinajstić information content (AvgIpc) is 3.16. The average molecular weight is 326 g/mol. The van der Waals surface area contributed by atoms with Crippen LogP contribution in [0.4, 0.5) is 0 Å². The molecule has 0 N–H and O–H groups in total. The van der Waals surface area contributed by atoms with Crippen LogP contribution in [0.5, 0.6) is 0 Å². The van der Waals surface area contributed by atoms with Crippen molar-refractivity contribution in [2.24, 2.45) is 0 Å². The molecule has 3 rings (SSSR count). The number of nitrogens with zero attached hydrogens (tertiary/aromatic N) is 4. The molecule has 0 aliphatic rings. The highest BCUT2D eigenvalue weighted by atomic mass is 32.1. The Kier molecular flexibility index (Phi) is 4.57. The molecular formula is C18H22N4S. The predicted octanol–water partition coefficient (Wildman–Crippen LogP) is 3.87. The lowest BCUT2D eigenvalue weighted by atomic mass is 10.1. The van der Waals surface area contributed by atoms with E-state index in [4.69, 9.17) is 10.1 Å². The summed E-state index contributed by atoms with van der Waals surface area (Å²) in [7, 11) is 0. The molecule has 0 aliphatic heterocycles. The van der Waals surface area contributed by atoms with E-state index in [0.29, 0.717) is 0 Å². The van der Waals surface area contributed by atoms with Crippen molar-refractivity contribution < 1.29 is 0 Å². The summed E-state index contributed by atoms with van der Waals surface area (Å²) in [4.78, 5) is 10.3. The van der Waals surface area contributed by atoms with Gasteiger partial charge in [0.1, 0.15) is 5.82 Å². The summed E-state index contributed by atoms with van der Waals surface area (Å²) in [6.45, 7) is 6.51. The van der Waals surface area contributed by atoms with Crippen molar-refractivity contribution in [3.63, 3.8) is 0 Å². The van der Waals surface area contributed by atoms with Gasteiger partial charge in [-0.25, -0.2) is 9.67 Å². The number of thiophene rings is 1. The van der Waals surface area contributed by atoms with Crippen molar-refractivity contribution in [2.75, 3.05) is 0 Å². The van der Waals surface area contributed by atoms with Gasteiger partial charge in [-0.2, -0.15) is 5.10 Å². The molecule has 0 bridgehead atoms. The lowest BCUT2D eigenvalue weighted by Crippen LogP contribution is -2.26. The molecule has 3 aromatic heterocycles. The zero-order valence-corrected chi connectivity index (χ0v) is 14.7. The standard InChI is InChI=1S/C18H22N4S/c1-18(2,3)22-17(9-8-14-6-4-10-19-13-14)20-16(21-22)12-15-7-5-11-23-15/h4-7,10-11,13H,8-9,12H2,1-3H3. The summed E-state index contributed by atoms with van der Waals surface area (Å²) in [6, 6.07) is 8.30. The molecule has 0 unspecified atom stereocenters. The third-order valence-corrected chi connectivity index (χ3v) is 4.50. The number of aromatic nitrogens is 4. The molecule has 0 saturated heterocycles. The van der Waals surface area contributed by atoms with Gasteiger partial charge in [-0.1, -0.05) is 12.1 Å². The van der Waals surface area contributed by atoms with Gasteiger partial charge in [-0.3, -0.25) is 4.98 Å². The molecule has 0 aromatic carbocycles. The fourth-order valence-electron chi connectivity index (χ4n) is 2.54. The summed E-state index contributed by atoms with van der Waals surface area (Å²) in [6.07, 6.45) is 6.34. The highest BCUT2D eigenvalue weighted by Gasteiger charge is 2.21. The fraction of sp³-hybridized carbons (Fsp3) is 0.389. The van der Waals surface area contributed by atoms with E-state index in [0.717, 1.165) is 30.9 Å². The normalized spacial score (nSPS) is 11.8. The Morgan fingerprint density at radius 3 is 2.65 bits per heavy atom. The highest BCUT2D eigenvalue weighted by molar-refractivity contribution is 7.09. The van der Waals surface area contributed by atoms with E-state index in [2.05, 4.69) is 54.0 Å². The summed E-state index contributed by atoms with van der Waals surface area (Å²) in [5, 5.41) is 6.86. The molecule has 4 nitrogen and oxygen atoms in total. The van der Waals surface area contributed by atoms with Crippen LogP contribution in [0.3, 0.4) is 0 Å². The van der Waals surface area contributed by atoms with Gasteiger partial charge < -0.3 is 0 Å². The van der Waals surface area contributed by atoms with Crippen LogP contribution in [-0.2, 0) is 24.8 Å². The smallest absolute Gasteiger partial charge is 0.156 e. The fourth-order valence-corrected chi connectivity index (χ4v) is 3.24. The van der Waals surface area contributed by atoms with Crippen LogP contribution < -0.4 is 0 Å². The Bertz CT molecular complexity index is 739. The number of hydrogen-bond donors (Lipinski definition) is 0. The Morgan fingerprint density at radius 1 is 1.13 bits per heavy atom. The molecular weight excluding hydrogens is 304 g/mol. The van der Waals surface area contributed by atoms with Gasteiger partial charge in [0.25, 0.3) is 0 Å². The van der Waals surface area contributed by atoms with Gasteiger partial charge in [0, 0.05) is 30.1 Å². The summed E-state index contributed by atoms with van der Waals surface area (Å²) in [5.41, 5.74) is 1.17. The molecule has 5 heteroatoms. The second-order valence-electron chi connectivity index (χ2n) is 6.64. The van der Waals surface area contributed by atoms with Crippen LogP contribution in [0, 0.1) is 0 Å². The van der Waals surface area contributed by atoms with E-state index in [1.165, 1.54) is 10.4 Å². The quantitative estimate of drug-likeness (QED) is 0.715. The van der Waals surface area contributed by atoms with Crippen molar-refractivity contribution in [1.29, 1.82) is 0 Å². The minimum atomic E-state index is -0.0645. The molecule has 0 fully saturated rings. The Morgan fingerprint density at radius 2 is 2.00 bits per heavy atom. The van der Waals surface area contributed by atoms with Crippen molar-refractivity contribution in [3.05, 3.63) is 64.1 Å². The first-order valence-corrected chi connectivity index (χ1v) is 8.77. The van der Waals surface area contributed by atoms with Gasteiger partial charge in [-0.05, 0) is 50.3 Å².